The van der Waals surface area contributed by atoms with Crippen molar-refractivity contribution >= 4 is 11.8 Å². The van der Waals surface area contributed by atoms with Crippen LogP contribution in [-0.2, 0) is 19.1 Å². The average Bonchev–Trinajstić information content (AvgIpc) is 2.70. The number of hydrogen-bond donors (Lipinski definition) is 0. The van der Waals surface area contributed by atoms with E-state index in [1.54, 1.807) is 0 Å². The average molecular weight is 266 g/mol. The zero-order chi connectivity index (χ0) is 14.3. The Balaban J connectivity index is 2.39. The zero-order valence-electron chi connectivity index (χ0n) is 12.1. The number of hydrogen-bond acceptors (Lipinski definition) is 4. The topological polar surface area (TPSA) is 52.6 Å². The lowest BCUT2D eigenvalue weighted by molar-refractivity contribution is -0.170. The third-order valence-corrected chi connectivity index (χ3v) is 3.98. The van der Waals surface area contributed by atoms with Crippen molar-refractivity contribution in [2.45, 2.75) is 52.1 Å². The summed E-state index contributed by atoms with van der Waals surface area (Å²) in [4.78, 5) is 24.4. The van der Waals surface area contributed by atoms with E-state index in [0.29, 0.717) is 18.6 Å². The molecule has 0 aromatic rings. The highest BCUT2D eigenvalue weighted by atomic mass is 16.6. The molecule has 4 heteroatoms. The van der Waals surface area contributed by atoms with E-state index in [2.05, 4.69) is 0 Å². The number of allylic oxidation sites excluding steroid dienone is 1. The first-order valence-electron chi connectivity index (χ1n) is 6.82. The number of ketones is 1. The van der Waals surface area contributed by atoms with Gasteiger partial charge in [-0.2, -0.15) is 0 Å². The van der Waals surface area contributed by atoms with Crippen LogP contribution in [0.5, 0.6) is 0 Å². The standard InChI is InChI=1S/C15H22O4/c1-14(2,3)19-13(17)15-7-5-6-10(15)8-11(16)9-12(15)18-4/h9-10H,5-8H2,1-4H3. The first kappa shape index (κ1) is 14.1. The van der Waals surface area contributed by atoms with E-state index >= 15 is 0 Å². The number of esters is 1. The summed E-state index contributed by atoms with van der Waals surface area (Å²) in [5.74, 6) is 0.307. The fraction of sp³-hybridized carbons (Fsp3) is 0.733. The van der Waals surface area contributed by atoms with Crippen LogP contribution in [0.15, 0.2) is 11.8 Å². The van der Waals surface area contributed by atoms with Crippen LogP contribution >= 0.6 is 0 Å². The predicted molar refractivity (Wildman–Crippen MR) is 70.3 cm³/mol. The maximum Gasteiger partial charge on any atom is 0.320 e. The maximum atomic E-state index is 12.6. The molecule has 1 saturated carbocycles. The van der Waals surface area contributed by atoms with E-state index in [9.17, 15) is 9.59 Å². The third-order valence-electron chi connectivity index (χ3n) is 3.98. The summed E-state index contributed by atoms with van der Waals surface area (Å²) in [6.45, 7) is 5.57. The molecule has 0 saturated heterocycles. The molecule has 0 N–H and O–H groups in total. The van der Waals surface area contributed by atoms with Gasteiger partial charge in [0.2, 0.25) is 0 Å². The summed E-state index contributed by atoms with van der Waals surface area (Å²) >= 11 is 0. The summed E-state index contributed by atoms with van der Waals surface area (Å²) in [5.41, 5.74) is -1.27. The lowest BCUT2D eigenvalue weighted by Crippen LogP contribution is -2.44. The second-order valence-electron chi connectivity index (χ2n) is 6.45. The molecular weight excluding hydrogens is 244 g/mol. The molecule has 2 rings (SSSR count). The Kier molecular flexibility index (Phi) is 3.45. The van der Waals surface area contributed by atoms with Crippen LogP contribution in [-0.4, -0.2) is 24.5 Å². The van der Waals surface area contributed by atoms with Crippen molar-refractivity contribution in [2.75, 3.05) is 7.11 Å². The van der Waals surface area contributed by atoms with Crippen LogP contribution < -0.4 is 0 Å². The van der Waals surface area contributed by atoms with Gasteiger partial charge in [-0.15, -0.1) is 0 Å². The van der Waals surface area contributed by atoms with E-state index in [0.717, 1.165) is 12.8 Å². The number of rotatable bonds is 2. The molecular formula is C15H22O4. The number of ether oxygens (including phenoxy) is 2. The van der Waals surface area contributed by atoms with Crippen molar-refractivity contribution < 1.29 is 19.1 Å². The Bertz CT molecular complexity index is 430. The Labute approximate surface area is 114 Å². The molecule has 0 aromatic carbocycles. The quantitative estimate of drug-likeness (QED) is 0.721. The molecule has 0 radical (unpaired) electrons. The van der Waals surface area contributed by atoms with Crippen molar-refractivity contribution in [1.82, 2.24) is 0 Å². The number of fused-ring (bicyclic) bond motifs is 1. The normalized spacial score (nSPS) is 30.6. The summed E-state index contributed by atoms with van der Waals surface area (Å²) in [6.07, 6.45) is 4.42. The van der Waals surface area contributed by atoms with Gasteiger partial charge in [0, 0.05) is 12.5 Å². The Morgan fingerprint density at radius 3 is 2.68 bits per heavy atom. The molecule has 0 aromatic heterocycles. The van der Waals surface area contributed by atoms with Gasteiger partial charge in [-0.25, -0.2) is 0 Å². The van der Waals surface area contributed by atoms with Gasteiger partial charge in [0.05, 0.1) is 7.11 Å². The highest BCUT2D eigenvalue weighted by molar-refractivity contribution is 5.95. The summed E-state index contributed by atoms with van der Waals surface area (Å²) in [5, 5.41) is 0. The smallest absolute Gasteiger partial charge is 0.320 e. The Hall–Kier alpha value is -1.32. The van der Waals surface area contributed by atoms with Crippen molar-refractivity contribution in [3.05, 3.63) is 11.8 Å². The van der Waals surface area contributed by atoms with Crippen LogP contribution in [0.3, 0.4) is 0 Å². The molecule has 1 fully saturated rings. The van der Waals surface area contributed by atoms with Crippen LogP contribution in [0.1, 0.15) is 46.5 Å². The predicted octanol–water partition coefficient (Wildman–Crippen LogP) is 2.62. The number of carbonyl (C=O) groups excluding carboxylic acids is 2. The minimum Gasteiger partial charge on any atom is -0.500 e. The van der Waals surface area contributed by atoms with Crippen LogP contribution in [0.2, 0.25) is 0 Å². The minimum atomic E-state index is -0.740. The number of methoxy groups -OCH3 is 1. The van der Waals surface area contributed by atoms with Crippen LogP contribution in [0.4, 0.5) is 0 Å². The van der Waals surface area contributed by atoms with Crippen molar-refractivity contribution in [3.63, 3.8) is 0 Å². The van der Waals surface area contributed by atoms with E-state index in [1.165, 1.54) is 13.2 Å². The van der Waals surface area contributed by atoms with E-state index < -0.39 is 11.0 Å². The monoisotopic (exact) mass is 266 g/mol. The Morgan fingerprint density at radius 2 is 2.11 bits per heavy atom. The summed E-state index contributed by atoms with van der Waals surface area (Å²) in [7, 11) is 1.52. The van der Waals surface area contributed by atoms with Crippen molar-refractivity contribution in [1.29, 1.82) is 0 Å². The molecule has 0 bridgehead atoms. The van der Waals surface area contributed by atoms with Gasteiger partial charge in [-0.1, -0.05) is 6.42 Å². The first-order chi connectivity index (χ1) is 8.79. The van der Waals surface area contributed by atoms with Gasteiger partial charge < -0.3 is 9.47 Å². The minimum absolute atomic E-state index is 0.0230. The van der Waals surface area contributed by atoms with Crippen molar-refractivity contribution in [2.24, 2.45) is 11.3 Å². The van der Waals surface area contributed by atoms with Gasteiger partial charge >= 0.3 is 5.97 Å². The molecule has 0 heterocycles. The molecule has 106 valence electrons. The van der Waals surface area contributed by atoms with Crippen LogP contribution in [0.25, 0.3) is 0 Å². The van der Waals surface area contributed by atoms with Gasteiger partial charge in [0.15, 0.2) is 5.78 Å². The van der Waals surface area contributed by atoms with Crippen LogP contribution in [0, 0.1) is 11.3 Å². The fourth-order valence-electron chi connectivity index (χ4n) is 3.23. The lowest BCUT2D eigenvalue weighted by Gasteiger charge is -2.38. The van der Waals surface area contributed by atoms with E-state index in [4.69, 9.17) is 9.47 Å². The lowest BCUT2D eigenvalue weighted by atomic mass is 9.70. The molecule has 0 amide bonds. The van der Waals surface area contributed by atoms with E-state index in [-0.39, 0.29) is 17.7 Å². The van der Waals surface area contributed by atoms with Crippen molar-refractivity contribution in [3.8, 4) is 0 Å². The highest BCUT2D eigenvalue weighted by Gasteiger charge is 2.57. The first-order valence-corrected chi connectivity index (χ1v) is 6.82. The molecule has 2 unspecified atom stereocenters. The molecule has 2 atom stereocenters. The molecule has 19 heavy (non-hydrogen) atoms. The molecule has 2 aliphatic rings. The fourth-order valence-corrected chi connectivity index (χ4v) is 3.23. The second-order valence-corrected chi connectivity index (χ2v) is 6.45. The zero-order valence-corrected chi connectivity index (χ0v) is 12.1. The summed E-state index contributed by atoms with van der Waals surface area (Å²) in [6, 6.07) is 0. The molecule has 0 spiro atoms. The van der Waals surface area contributed by atoms with Gasteiger partial charge in [0.25, 0.3) is 0 Å². The second kappa shape index (κ2) is 4.66. The SMILES string of the molecule is COC1=CC(=O)CC2CCCC12C(=O)OC(C)(C)C. The van der Waals surface area contributed by atoms with Gasteiger partial charge in [-0.3, -0.25) is 9.59 Å². The maximum absolute atomic E-state index is 12.6. The van der Waals surface area contributed by atoms with E-state index in [1.807, 2.05) is 20.8 Å². The summed E-state index contributed by atoms with van der Waals surface area (Å²) < 4.78 is 10.9. The Morgan fingerprint density at radius 1 is 1.42 bits per heavy atom. The van der Waals surface area contributed by atoms with Gasteiger partial charge in [0.1, 0.15) is 16.8 Å². The molecule has 0 aliphatic heterocycles. The highest BCUT2D eigenvalue weighted by Crippen LogP contribution is 2.53. The molecule has 2 aliphatic carbocycles. The molecule has 4 nitrogen and oxygen atoms in total. The van der Waals surface area contributed by atoms with Gasteiger partial charge in [-0.05, 0) is 39.5 Å². The number of carbonyl (C=O) groups is 2. The third kappa shape index (κ3) is 2.40. The largest absolute Gasteiger partial charge is 0.500 e.